The summed E-state index contributed by atoms with van der Waals surface area (Å²) in [6, 6.07) is 3.24. The van der Waals surface area contributed by atoms with E-state index in [2.05, 4.69) is 5.32 Å². The minimum atomic E-state index is -4.65. The average Bonchev–Trinajstić information content (AvgIpc) is 2.42. The molecule has 0 aromatic heterocycles. The Labute approximate surface area is 131 Å². The van der Waals surface area contributed by atoms with Gasteiger partial charge in [-0.2, -0.15) is 13.2 Å². The third-order valence-corrected chi connectivity index (χ3v) is 3.76. The summed E-state index contributed by atoms with van der Waals surface area (Å²) in [5, 5.41) is 2.32. The third kappa shape index (κ3) is 6.18. The van der Waals surface area contributed by atoms with E-state index in [9.17, 15) is 26.4 Å². The second-order valence-corrected chi connectivity index (χ2v) is 5.76. The molecule has 1 aromatic rings. The molecule has 0 aliphatic rings. The lowest BCUT2D eigenvalue weighted by Gasteiger charge is -2.10. The molecular formula is C11H15ClF3N3O3S. The monoisotopic (exact) mass is 361 g/mol. The van der Waals surface area contributed by atoms with Crippen LogP contribution >= 0.6 is 12.4 Å². The number of rotatable bonds is 6. The molecular weight excluding hydrogens is 347 g/mol. The second-order valence-electron chi connectivity index (χ2n) is 3.99. The Kier molecular flexibility index (Phi) is 7.81. The number of sulfonamides is 1. The molecule has 22 heavy (non-hydrogen) atoms. The first-order chi connectivity index (χ1) is 9.66. The van der Waals surface area contributed by atoms with Crippen LogP contribution in [0.15, 0.2) is 29.2 Å². The second kappa shape index (κ2) is 8.32. The van der Waals surface area contributed by atoms with E-state index in [-0.39, 0.29) is 25.5 Å². The molecule has 6 nitrogen and oxygen atoms in total. The van der Waals surface area contributed by atoms with Crippen molar-refractivity contribution in [3.05, 3.63) is 29.8 Å². The number of carbonyl (C=O) groups is 1. The van der Waals surface area contributed by atoms with Gasteiger partial charge in [-0.15, -0.1) is 12.4 Å². The summed E-state index contributed by atoms with van der Waals surface area (Å²) >= 11 is 0. The van der Waals surface area contributed by atoms with E-state index in [4.69, 9.17) is 5.73 Å². The number of nitrogens with two attached hydrogens (primary N) is 1. The molecule has 0 aliphatic heterocycles. The zero-order valence-electron chi connectivity index (χ0n) is 11.2. The van der Waals surface area contributed by atoms with Gasteiger partial charge in [-0.1, -0.05) is 6.07 Å². The van der Waals surface area contributed by atoms with Crippen molar-refractivity contribution in [3.63, 3.8) is 0 Å². The van der Waals surface area contributed by atoms with Crippen LogP contribution in [0.5, 0.6) is 0 Å². The highest BCUT2D eigenvalue weighted by atomic mass is 35.5. The lowest BCUT2D eigenvalue weighted by atomic mass is 10.2. The van der Waals surface area contributed by atoms with Crippen molar-refractivity contribution in [1.82, 2.24) is 10.0 Å². The van der Waals surface area contributed by atoms with Crippen molar-refractivity contribution in [1.29, 1.82) is 0 Å². The Morgan fingerprint density at radius 1 is 1.27 bits per heavy atom. The molecule has 126 valence electrons. The first-order valence-electron chi connectivity index (χ1n) is 5.80. The van der Waals surface area contributed by atoms with E-state index in [1.807, 2.05) is 4.72 Å². The average molecular weight is 362 g/mol. The summed E-state index contributed by atoms with van der Waals surface area (Å²) in [6.45, 7) is -0.227. The Hall–Kier alpha value is -1.36. The first kappa shape index (κ1) is 20.6. The molecule has 0 spiro atoms. The van der Waals surface area contributed by atoms with E-state index < -0.39 is 39.1 Å². The van der Waals surface area contributed by atoms with Crippen LogP contribution in [0.1, 0.15) is 5.56 Å². The summed E-state index contributed by atoms with van der Waals surface area (Å²) in [5.74, 6) is -0.629. The predicted molar refractivity (Wildman–Crippen MR) is 75.9 cm³/mol. The van der Waals surface area contributed by atoms with Crippen LogP contribution in [0.2, 0.25) is 0 Å². The van der Waals surface area contributed by atoms with Gasteiger partial charge in [-0.3, -0.25) is 4.79 Å². The van der Waals surface area contributed by atoms with Crippen molar-refractivity contribution in [3.8, 4) is 0 Å². The van der Waals surface area contributed by atoms with Crippen LogP contribution < -0.4 is 15.8 Å². The number of alkyl halides is 3. The molecule has 11 heteroatoms. The van der Waals surface area contributed by atoms with Crippen molar-refractivity contribution in [2.24, 2.45) is 5.73 Å². The smallest absolute Gasteiger partial charge is 0.354 e. The minimum absolute atomic E-state index is 0. The maximum atomic E-state index is 12.5. The molecule has 0 unspecified atom stereocenters. The van der Waals surface area contributed by atoms with Crippen LogP contribution in [0.25, 0.3) is 0 Å². The zero-order chi connectivity index (χ0) is 16.1. The van der Waals surface area contributed by atoms with Gasteiger partial charge in [-0.05, 0) is 18.2 Å². The van der Waals surface area contributed by atoms with Gasteiger partial charge >= 0.3 is 6.18 Å². The normalized spacial score (nSPS) is 11.6. The Morgan fingerprint density at radius 2 is 1.91 bits per heavy atom. The number of nitrogens with one attached hydrogen (secondary N) is 2. The van der Waals surface area contributed by atoms with Crippen molar-refractivity contribution in [2.45, 2.75) is 11.1 Å². The van der Waals surface area contributed by atoms with E-state index >= 15 is 0 Å². The standard InChI is InChI=1S/C11H14F3N3O3S.ClH/c12-11(13,14)8-2-1-3-9(6-8)21(19,20)17-7-10(18)16-5-4-15;/h1-3,6,17H,4-5,7,15H2,(H,16,18);1H. The van der Waals surface area contributed by atoms with Gasteiger partial charge in [0.2, 0.25) is 15.9 Å². The third-order valence-electron chi connectivity index (χ3n) is 2.36. The van der Waals surface area contributed by atoms with Crippen LogP contribution in [0, 0.1) is 0 Å². The van der Waals surface area contributed by atoms with E-state index in [0.29, 0.717) is 6.07 Å². The molecule has 0 radical (unpaired) electrons. The summed E-state index contributed by atoms with van der Waals surface area (Å²) in [6.07, 6.45) is -4.65. The highest BCUT2D eigenvalue weighted by molar-refractivity contribution is 7.89. The maximum Gasteiger partial charge on any atom is 0.416 e. The SMILES string of the molecule is Cl.NCCNC(=O)CNS(=O)(=O)c1cccc(C(F)(F)F)c1. The lowest BCUT2D eigenvalue weighted by Crippen LogP contribution is -2.38. The highest BCUT2D eigenvalue weighted by Gasteiger charge is 2.31. The molecule has 0 fully saturated rings. The first-order valence-corrected chi connectivity index (χ1v) is 7.29. The Bertz CT molecular complexity index is 608. The molecule has 0 aliphatic carbocycles. The Morgan fingerprint density at radius 3 is 2.45 bits per heavy atom. The summed E-state index contributed by atoms with van der Waals surface area (Å²) in [4.78, 5) is 10.7. The Balaban J connectivity index is 0.00000441. The topological polar surface area (TPSA) is 101 Å². The summed E-state index contributed by atoms with van der Waals surface area (Å²) < 4.78 is 63.1. The van der Waals surface area contributed by atoms with Crippen molar-refractivity contribution < 1.29 is 26.4 Å². The minimum Gasteiger partial charge on any atom is -0.354 e. The van der Waals surface area contributed by atoms with E-state index in [0.717, 1.165) is 18.2 Å². The molecule has 1 rings (SSSR count). The van der Waals surface area contributed by atoms with Gasteiger partial charge in [-0.25, -0.2) is 13.1 Å². The fraction of sp³-hybridized carbons (Fsp3) is 0.364. The number of hydrogen-bond donors (Lipinski definition) is 3. The number of amides is 1. The van der Waals surface area contributed by atoms with Gasteiger partial charge < -0.3 is 11.1 Å². The maximum absolute atomic E-state index is 12.5. The van der Waals surface area contributed by atoms with Gasteiger partial charge in [0.25, 0.3) is 0 Å². The number of halogens is 4. The quantitative estimate of drug-likeness (QED) is 0.686. The molecule has 1 amide bonds. The predicted octanol–water partition coefficient (Wildman–Crippen LogP) is 0.480. The van der Waals surface area contributed by atoms with Crippen molar-refractivity contribution >= 4 is 28.3 Å². The molecule has 1 aromatic carbocycles. The van der Waals surface area contributed by atoms with Crippen LogP contribution in [-0.2, 0) is 21.0 Å². The van der Waals surface area contributed by atoms with Crippen LogP contribution in [-0.4, -0.2) is 34.0 Å². The largest absolute Gasteiger partial charge is 0.416 e. The molecule has 0 saturated heterocycles. The number of benzene rings is 1. The molecule has 0 heterocycles. The zero-order valence-corrected chi connectivity index (χ0v) is 12.8. The summed E-state index contributed by atoms with van der Waals surface area (Å²) in [5.41, 5.74) is 4.06. The number of hydrogen-bond acceptors (Lipinski definition) is 4. The van der Waals surface area contributed by atoms with Gasteiger partial charge in [0.1, 0.15) is 0 Å². The van der Waals surface area contributed by atoms with Gasteiger partial charge in [0.05, 0.1) is 17.0 Å². The van der Waals surface area contributed by atoms with E-state index in [1.165, 1.54) is 0 Å². The fourth-order valence-electron chi connectivity index (χ4n) is 1.36. The molecule has 0 atom stereocenters. The molecule has 0 bridgehead atoms. The van der Waals surface area contributed by atoms with E-state index in [1.54, 1.807) is 0 Å². The summed E-state index contributed by atoms with van der Waals surface area (Å²) in [7, 11) is -4.21. The van der Waals surface area contributed by atoms with Crippen molar-refractivity contribution in [2.75, 3.05) is 19.6 Å². The van der Waals surface area contributed by atoms with Gasteiger partial charge in [0.15, 0.2) is 0 Å². The lowest BCUT2D eigenvalue weighted by molar-refractivity contribution is -0.137. The molecule has 4 N–H and O–H groups in total. The highest BCUT2D eigenvalue weighted by Crippen LogP contribution is 2.30. The number of carbonyl (C=O) groups excluding carboxylic acids is 1. The van der Waals surface area contributed by atoms with Crippen LogP contribution in [0.3, 0.4) is 0 Å². The fourth-order valence-corrected chi connectivity index (χ4v) is 2.39. The van der Waals surface area contributed by atoms with Gasteiger partial charge in [0, 0.05) is 13.1 Å². The van der Waals surface area contributed by atoms with Crippen LogP contribution in [0.4, 0.5) is 13.2 Å². The molecule has 0 saturated carbocycles.